The lowest BCUT2D eigenvalue weighted by atomic mass is 10.1. The van der Waals surface area contributed by atoms with Crippen LogP contribution in [-0.4, -0.2) is 24.5 Å². The fraction of sp³-hybridized carbons (Fsp3) is 0.0833. The summed E-state index contributed by atoms with van der Waals surface area (Å²) in [6.45, 7) is 0.0775. The Morgan fingerprint density at radius 2 is 1.95 bits per heavy atom. The number of aromatic hydroxyl groups is 2. The molecule has 1 aromatic carbocycles. The molecule has 21 heavy (non-hydrogen) atoms. The van der Waals surface area contributed by atoms with Gasteiger partial charge in [0.15, 0.2) is 11.5 Å². The number of phenolic OH excluding ortho intramolecular Hbond substituents is 2. The summed E-state index contributed by atoms with van der Waals surface area (Å²) in [6, 6.07) is 6.92. The van der Waals surface area contributed by atoms with Gasteiger partial charge in [-0.1, -0.05) is 6.07 Å². The Morgan fingerprint density at radius 3 is 2.57 bits per heavy atom. The van der Waals surface area contributed by atoms with Crippen LogP contribution < -0.4 is 10.5 Å². The molecule has 0 saturated heterocycles. The van der Waals surface area contributed by atoms with Crippen LogP contribution in [0.4, 0.5) is 0 Å². The predicted octanol–water partition coefficient (Wildman–Crippen LogP) is 0.737. The van der Waals surface area contributed by atoms with Gasteiger partial charge in [-0.25, -0.2) is 13.6 Å². The van der Waals surface area contributed by atoms with Gasteiger partial charge >= 0.3 is 0 Å². The summed E-state index contributed by atoms with van der Waals surface area (Å²) in [7, 11) is -3.75. The van der Waals surface area contributed by atoms with E-state index in [4.69, 9.17) is 5.14 Å². The van der Waals surface area contributed by atoms with E-state index >= 15 is 0 Å². The van der Waals surface area contributed by atoms with Crippen molar-refractivity contribution >= 4 is 27.3 Å². The number of phenols is 2. The lowest BCUT2D eigenvalue weighted by Crippen LogP contribution is -2.22. The first kappa shape index (κ1) is 15.3. The molecule has 2 rings (SSSR count). The molecule has 0 atom stereocenters. The van der Waals surface area contributed by atoms with E-state index in [1.807, 2.05) is 0 Å². The Balaban J connectivity index is 2.08. The first-order valence-electron chi connectivity index (χ1n) is 5.69. The maximum atomic E-state index is 11.9. The molecule has 0 radical (unpaired) electrons. The Bertz CT molecular complexity index is 783. The van der Waals surface area contributed by atoms with Crippen molar-refractivity contribution in [1.82, 2.24) is 5.32 Å². The molecule has 5 N–H and O–H groups in total. The van der Waals surface area contributed by atoms with Crippen LogP contribution in [0.1, 0.15) is 15.2 Å². The number of nitrogens with two attached hydrogens (primary N) is 1. The van der Waals surface area contributed by atoms with Crippen molar-refractivity contribution in [2.24, 2.45) is 5.14 Å². The molecule has 0 unspecified atom stereocenters. The summed E-state index contributed by atoms with van der Waals surface area (Å²) < 4.78 is 22.3. The highest BCUT2D eigenvalue weighted by Crippen LogP contribution is 2.28. The number of thiophene rings is 1. The van der Waals surface area contributed by atoms with Crippen molar-refractivity contribution in [3.05, 3.63) is 40.8 Å². The van der Waals surface area contributed by atoms with E-state index in [1.165, 1.54) is 30.3 Å². The number of nitrogens with one attached hydrogen (secondary N) is 1. The monoisotopic (exact) mass is 328 g/mol. The summed E-state index contributed by atoms with van der Waals surface area (Å²) in [5.41, 5.74) is -0.0711. The number of primary sulfonamides is 1. The summed E-state index contributed by atoms with van der Waals surface area (Å²) in [5.74, 6) is -1.49. The fourth-order valence-corrected chi connectivity index (χ4v) is 3.30. The zero-order valence-corrected chi connectivity index (χ0v) is 12.2. The van der Waals surface area contributed by atoms with Gasteiger partial charge in [-0.05, 0) is 24.3 Å². The molecule has 0 aliphatic rings. The van der Waals surface area contributed by atoms with E-state index in [-0.39, 0.29) is 16.3 Å². The molecule has 112 valence electrons. The Labute approximate surface area is 124 Å². The lowest BCUT2D eigenvalue weighted by molar-refractivity contribution is 0.0948. The Kier molecular flexibility index (Phi) is 4.16. The van der Waals surface area contributed by atoms with Crippen LogP contribution in [0.2, 0.25) is 0 Å². The van der Waals surface area contributed by atoms with Crippen molar-refractivity contribution < 1.29 is 23.4 Å². The SMILES string of the molecule is NS(=O)(=O)c1ccc(CNC(=O)c2cccc(O)c2O)s1. The smallest absolute Gasteiger partial charge is 0.255 e. The minimum absolute atomic E-state index is 0.00644. The molecule has 1 amide bonds. The van der Waals surface area contributed by atoms with Gasteiger partial charge in [-0.3, -0.25) is 4.79 Å². The highest BCUT2D eigenvalue weighted by atomic mass is 32.2. The molecular formula is C12H12N2O5S2. The van der Waals surface area contributed by atoms with Gasteiger partial charge in [-0.15, -0.1) is 11.3 Å². The van der Waals surface area contributed by atoms with Gasteiger partial charge in [0.25, 0.3) is 5.91 Å². The number of benzene rings is 1. The van der Waals surface area contributed by atoms with Crippen LogP contribution >= 0.6 is 11.3 Å². The number of hydrogen-bond acceptors (Lipinski definition) is 6. The topological polar surface area (TPSA) is 130 Å². The van der Waals surface area contributed by atoms with Crippen LogP contribution in [0, 0.1) is 0 Å². The van der Waals surface area contributed by atoms with Crippen LogP contribution in [0.25, 0.3) is 0 Å². The molecule has 7 nitrogen and oxygen atoms in total. The number of carbonyl (C=O) groups excluding carboxylic acids is 1. The van der Waals surface area contributed by atoms with Gasteiger partial charge in [-0.2, -0.15) is 0 Å². The van der Waals surface area contributed by atoms with E-state index in [0.29, 0.717) is 4.88 Å². The van der Waals surface area contributed by atoms with Crippen LogP contribution in [0.5, 0.6) is 11.5 Å². The molecule has 0 bridgehead atoms. The largest absolute Gasteiger partial charge is 0.504 e. The molecule has 9 heteroatoms. The van der Waals surface area contributed by atoms with Crippen LogP contribution in [0.15, 0.2) is 34.5 Å². The number of rotatable bonds is 4. The highest BCUT2D eigenvalue weighted by molar-refractivity contribution is 7.91. The fourth-order valence-electron chi connectivity index (χ4n) is 1.58. The molecule has 1 aromatic heterocycles. The first-order valence-corrected chi connectivity index (χ1v) is 8.06. The maximum absolute atomic E-state index is 11.9. The maximum Gasteiger partial charge on any atom is 0.255 e. The second-order valence-electron chi connectivity index (χ2n) is 4.12. The van der Waals surface area contributed by atoms with Crippen LogP contribution in [-0.2, 0) is 16.6 Å². The standard InChI is InChI=1S/C12H12N2O5S2/c13-21(18,19)10-5-4-7(20-10)6-14-12(17)8-2-1-3-9(15)11(8)16/h1-5,15-16H,6H2,(H,14,17)(H2,13,18,19). The molecule has 0 aliphatic heterocycles. The highest BCUT2D eigenvalue weighted by Gasteiger charge is 2.15. The molecular weight excluding hydrogens is 316 g/mol. The molecule has 2 aromatic rings. The number of sulfonamides is 1. The van der Waals surface area contributed by atoms with E-state index in [2.05, 4.69) is 5.32 Å². The van der Waals surface area contributed by atoms with E-state index < -0.39 is 27.4 Å². The Morgan fingerprint density at radius 1 is 1.24 bits per heavy atom. The molecule has 0 fully saturated rings. The second kappa shape index (κ2) is 5.72. The van der Waals surface area contributed by atoms with Gasteiger partial charge in [0.2, 0.25) is 10.0 Å². The van der Waals surface area contributed by atoms with Crippen molar-refractivity contribution in [3.63, 3.8) is 0 Å². The molecule has 1 heterocycles. The van der Waals surface area contributed by atoms with Gasteiger partial charge in [0.1, 0.15) is 4.21 Å². The normalized spacial score (nSPS) is 11.3. The third-order valence-electron chi connectivity index (χ3n) is 2.60. The average Bonchev–Trinajstić information content (AvgIpc) is 2.88. The molecule has 0 spiro atoms. The van der Waals surface area contributed by atoms with E-state index in [0.717, 1.165) is 11.3 Å². The minimum atomic E-state index is -3.75. The third kappa shape index (κ3) is 3.51. The molecule has 0 aliphatic carbocycles. The van der Waals surface area contributed by atoms with Gasteiger partial charge in [0, 0.05) is 4.88 Å². The second-order valence-corrected chi connectivity index (χ2v) is 7.08. The number of amides is 1. The quantitative estimate of drug-likeness (QED) is 0.615. The lowest BCUT2D eigenvalue weighted by Gasteiger charge is -2.06. The summed E-state index contributed by atoms with van der Waals surface area (Å²) >= 11 is 0.945. The van der Waals surface area contributed by atoms with Crippen molar-refractivity contribution in [1.29, 1.82) is 0 Å². The number of hydrogen-bond donors (Lipinski definition) is 4. The van der Waals surface area contributed by atoms with Crippen molar-refractivity contribution in [3.8, 4) is 11.5 Å². The van der Waals surface area contributed by atoms with E-state index in [1.54, 1.807) is 0 Å². The average molecular weight is 328 g/mol. The number of carbonyl (C=O) groups is 1. The Hall–Kier alpha value is -2.10. The van der Waals surface area contributed by atoms with Gasteiger partial charge in [0.05, 0.1) is 12.1 Å². The summed E-state index contributed by atoms with van der Waals surface area (Å²) in [6.07, 6.45) is 0. The van der Waals surface area contributed by atoms with Crippen molar-refractivity contribution in [2.75, 3.05) is 0 Å². The zero-order chi connectivity index (χ0) is 15.6. The molecule has 0 saturated carbocycles. The predicted molar refractivity (Wildman–Crippen MR) is 76.6 cm³/mol. The summed E-state index contributed by atoms with van der Waals surface area (Å²) in [4.78, 5) is 12.5. The van der Waals surface area contributed by atoms with Gasteiger partial charge < -0.3 is 15.5 Å². The minimum Gasteiger partial charge on any atom is -0.504 e. The van der Waals surface area contributed by atoms with Crippen LogP contribution in [0.3, 0.4) is 0 Å². The van der Waals surface area contributed by atoms with E-state index in [9.17, 15) is 23.4 Å². The zero-order valence-electron chi connectivity index (χ0n) is 10.6. The number of para-hydroxylation sites is 1. The third-order valence-corrected chi connectivity index (χ3v) is 5.12. The summed E-state index contributed by atoms with van der Waals surface area (Å²) in [5, 5.41) is 26.4. The van der Waals surface area contributed by atoms with Crippen molar-refractivity contribution in [2.45, 2.75) is 10.8 Å². The first-order chi connectivity index (χ1) is 9.79.